The van der Waals surface area contributed by atoms with Crippen molar-refractivity contribution in [3.63, 3.8) is 0 Å². The normalized spacial score (nSPS) is 18.0. The summed E-state index contributed by atoms with van der Waals surface area (Å²) in [5.41, 5.74) is 2.38. The lowest BCUT2D eigenvalue weighted by molar-refractivity contribution is 0.560. The summed E-state index contributed by atoms with van der Waals surface area (Å²) < 4.78 is 25.0. The van der Waals surface area contributed by atoms with Crippen LogP contribution in [-0.4, -0.2) is 26.5 Å². The number of benzene rings is 1. The van der Waals surface area contributed by atoms with Gasteiger partial charge in [-0.25, -0.2) is 8.42 Å². The molecule has 0 heterocycles. The van der Waals surface area contributed by atoms with E-state index in [1.54, 1.807) is 0 Å². The highest BCUT2D eigenvalue weighted by molar-refractivity contribution is 7.92. The topological polar surface area (TPSA) is 46.2 Å². The Morgan fingerprint density at radius 2 is 1.81 bits per heavy atom. The van der Waals surface area contributed by atoms with Crippen molar-refractivity contribution in [2.24, 2.45) is 0 Å². The van der Waals surface area contributed by atoms with Crippen molar-refractivity contribution in [2.75, 3.05) is 12.8 Å². The zero-order valence-electron chi connectivity index (χ0n) is 13.1. The van der Waals surface area contributed by atoms with E-state index in [0.717, 1.165) is 44.1 Å². The van der Waals surface area contributed by atoms with Crippen molar-refractivity contribution >= 4 is 9.84 Å². The minimum absolute atomic E-state index is 0.105. The van der Waals surface area contributed by atoms with Gasteiger partial charge in [0.2, 0.25) is 0 Å². The van der Waals surface area contributed by atoms with Gasteiger partial charge < -0.3 is 5.32 Å². The predicted molar refractivity (Wildman–Crippen MR) is 88.3 cm³/mol. The number of sulfone groups is 1. The largest absolute Gasteiger partial charge is 0.312 e. The molecule has 0 aromatic heterocycles. The Morgan fingerprint density at radius 3 is 2.33 bits per heavy atom. The smallest absolute Gasteiger partial charge is 0.155 e. The molecule has 0 amide bonds. The lowest BCUT2D eigenvalue weighted by atomic mass is 10.0. The van der Waals surface area contributed by atoms with Gasteiger partial charge in [-0.15, -0.1) is 0 Å². The molecule has 1 N–H and O–H groups in total. The molecule has 1 unspecified atom stereocenters. The van der Waals surface area contributed by atoms with E-state index in [1.165, 1.54) is 5.56 Å². The minimum atomic E-state index is -3.00. The molecule has 118 valence electrons. The Balaban J connectivity index is 2.08. The predicted octanol–water partition coefficient (Wildman–Crippen LogP) is 3.26. The highest BCUT2D eigenvalue weighted by Gasteiger charge is 2.31. The number of rotatable bonds is 7. The zero-order valence-corrected chi connectivity index (χ0v) is 14.0. The van der Waals surface area contributed by atoms with Crippen LogP contribution in [0.2, 0.25) is 0 Å². The van der Waals surface area contributed by atoms with Crippen LogP contribution in [0.3, 0.4) is 0 Å². The molecule has 0 spiro atoms. The quantitative estimate of drug-likeness (QED) is 0.841. The fourth-order valence-electron chi connectivity index (χ4n) is 3.17. The first-order valence-corrected chi connectivity index (χ1v) is 9.76. The molecule has 1 aromatic rings. The highest BCUT2D eigenvalue weighted by Crippen LogP contribution is 2.28. The third kappa shape index (κ3) is 4.30. The Bertz CT molecular complexity index is 530. The molecule has 1 saturated carbocycles. The van der Waals surface area contributed by atoms with Gasteiger partial charge in [-0.2, -0.15) is 0 Å². The van der Waals surface area contributed by atoms with Crippen LogP contribution in [0, 0.1) is 0 Å². The summed E-state index contributed by atoms with van der Waals surface area (Å²) in [4.78, 5) is 0. The van der Waals surface area contributed by atoms with Gasteiger partial charge in [0.05, 0.1) is 11.0 Å². The van der Waals surface area contributed by atoms with Crippen molar-refractivity contribution in [3.05, 3.63) is 35.4 Å². The van der Waals surface area contributed by atoms with Crippen molar-refractivity contribution in [3.8, 4) is 0 Å². The molecule has 0 aliphatic heterocycles. The Labute approximate surface area is 129 Å². The molecule has 0 radical (unpaired) electrons. The van der Waals surface area contributed by atoms with Gasteiger partial charge in [-0.1, -0.05) is 50.5 Å². The molecule has 21 heavy (non-hydrogen) atoms. The van der Waals surface area contributed by atoms with E-state index in [2.05, 4.69) is 36.5 Å². The van der Waals surface area contributed by atoms with E-state index in [9.17, 15) is 8.42 Å². The molecule has 1 atom stereocenters. The molecule has 0 bridgehead atoms. The van der Waals surface area contributed by atoms with Crippen LogP contribution in [0.1, 0.15) is 56.2 Å². The maximum atomic E-state index is 12.5. The summed E-state index contributed by atoms with van der Waals surface area (Å²) in [6.07, 6.45) is 6.00. The number of nitrogens with one attached hydrogen (secondary N) is 1. The Hall–Kier alpha value is -0.870. The summed E-state index contributed by atoms with van der Waals surface area (Å²) in [7, 11) is -1.16. The lowest BCUT2D eigenvalue weighted by Gasteiger charge is -2.20. The fraction of sp³-hybridized carbons (Fsp3) is 0.647. The summed E-state index contributed by atoms with van der Waals surface area (Å²) in [6.45, 7) is 2.17. The lowest BCUT2D eigenvalue weighted by Crippen LogP contribution is -2.30. The van der Waals surface area contributed by atoms with Crippen molar-refractivity contribution in [2.45, 2.75) is 56.7 Å². The van der Waals surface area contributed by atoms with E-state index in [1.807, 2.05) is 7.05 Å². The Kier molecular flexibility index (Phi) is 5.82. The second kappa shape index (κ2) is 7.41. The van der Waals surface area contributed by atoms with Gasteiger partial charge in [-0.3, -0.25) is 0 Å². The minimum Gasteiger partial charge on any atom is -0.312 e. The molecule has 3 nitrogen and oxygen atoms in total. The van der Waals surface area contributed by atoms with Crippen LogP contribution in [0.4, 0.5) is 0 Å². The van der Waals surface area contributed by atoms with Crippen molar-refractivity contribution < 1.29 is 8.42 Å². The average Bonchev–Trinajstić information content (AvgIpc) is 3.01. The molecular formula is C17H27NO2S. The van der Waals surface area contributed by atoms with Crippen LogP contribution in [0.15, 0.2) is 24.3 Å². The van der Waals surface area contributed by atoms with Gasteiger partial charge >= 0.3 is 0 Å². The Morgan fingerprint density at radius 1 is 1.19 bits per heavy atom. The maximum Gasteiger partial charge on any atom is 0.155 e. The van der Waals surface area contributed by atoms with Gasteiger partial charge in [0.1, 0.15) is 0 Å². The average molecular weight is 309 g/mol. The first-order chi connectivity index (χ1) is 10.1. The molecule has 1 aromatic carbocycles. The van der Waals surface area contributed by atoms with Crippen LogP contribution in [-0.2, 0) is 16.3 Å². The highest BCUT2D eigenvalue weighted by atomic mass is 32.2. The van der Waals surface area contributed by atoms with Gasteiger partial charge in [0.15, 0.2) is 9.84 Å². The van der Waals surface area contributed by atoms with E-state index in [0.29, 0.717) is 0 Å². The molecule has 1 aliphatic rings. The summed E-state index contributed by atoms with van der Waals surface area (Å²) in [5.74, 6) is 0.210. The summed E-state index contributed by atoms with van der Waals surface area (Å²) >= 11 is 0. The molecule has 4 heteroatoms. The molecule has 1 fully saturated rings. The fourth-order valence-corrected chi connectivity index (χ4v) is 5.31. The molecule has 1 aliphatic carbocycles. The molecule has 0 saturated heterocycles. The van der Waals surface area contributed by atoms with Crippen molar-refractivity contribution in [1.82, 2.24) is 5.32 Å². The van der Waals surface area contributed by atoms with Crippen LogP contribution < -0.4 is 5.32 Å². The van der Waals surface area contributed by atoms with E-state index >= 15 is 0 Å². The van der Waals surface area contributed by atoms with Gasteiger partial charge in [0, 0.05) is 6.04 Å². The standard InChI is InChI=1S/C17H27NO2S/c1-3-6-14-9-11-15(12-10-14)17(18-2)13-21(19,20)16-7-4-5-8-16/h9-12,16-18H,3-8,13H2,1-2H3. The van der Waals surface area contributed by atoms with E-state index < -0.39 is 9.84 Å². The van der Waals surface area contributed by atoms with E-state index in [-0.39, 0.29) is 17.0 Å². The summed E-state index contributed by atoms with van der Waals surface area (Å²) in [5, 5.41) is 3.05. The monoisotopic (exact) mass is 309 g/mol. The van der Waals surface area contributed by atoms with Gasteiger partial charge in [0.25, 0.3) is 0 Å². The molecular weight excluding hydrogens is 282 g/mol. The first-order valence-electron chi connectivity index (χ1n) is 8.04. The molecule has 2 rings (SSSR count). The summed E-state index contributed by atoms with van der Waals surface area (Å²) in [6, 6.07) is 8.26. The number of hydrogen-bond donors (Lipinski definition) is 1. The van der Waals surface area contributed by atoms with Gasteiger partial charge in [-0.05, 0) is 37.4 Å². The van der Waals surface area contributed by atoms with Crippen LogP contribution in [0.25, 0.3) is 0 Å². The van der Waals surface area contributed by atoms with Crippen molar-refractivity contribution in [1.29, 1.82) is 0 Å². The maximum absolute atomic E-state index is 12.5. The van der Waals surface area contributed by atoms with Crippen LogP contribution in [0.5, 0.6) is 0 Å². The third-order valence-electron chi connectivity index (χ3n) is 4.48. The number of aryl methyl sites for hydroxylation is 1. The second-order valence-electron chi connectivity index (χ2n) is 6.07. The van der Waals surface area contributed by atoms with Crippen LogP contribution >= 0.6 is 0 Å². The second-order valence-corrected chi connectivity index (χ2v) is 8.39. The zero-order chi connectivity index (χ0) is 15.3. The number of hydrogen-bond acceptors (Lipinski definition) is 3. The van der Waals surface area contributed by atoms with E-state index in [4.69, 9.17) is 0 Å². The third-order valence-corrected chi connectivity index (χ3v) is 6.76. The SMILES string of the molecule is CCCc1ccc(C(CS(=O)(=O)C2CCCC2)NC)cc1. The first kappa shape index (κ1) is 16.5.